The lowest BCUT2D eigenvalue weighted by atomic mass is 10.1. The lowest BCUT2D eigenvalue weighted by Gasteiger charge is -2.21. The fraction of sp³-hybridized carbons (Fsp3) is 0.636. The number of carboxylic acid groups (broad SMARTS) is 2. The molecule has 2 amide bonds. The molecule has 10 nitrogen and oxygen atoms in total. The summed E-state index contributed by atoms with van der Waals surface area (Å²) in [6, 6.07) is -3.85. The highest BCUT2D eigenvalue weighted by atomic mass is 32.1. The van der Waals surface area contributed by atoms with E-state index in [4.69, 9.17) is 21.1 Å². The van der Waals surface area contributed by atoms with Crippen molar-refractivity contribution in [2.75, 3.05) is 12.4 Å². The average Bonchev–Trinajstić information content (AvgIpc) is 2.46. The molecule has 0 aromatic heterocycles. The number of rotatable bonds is 10. The number of hydrogen-bond acceptors (Lipinski definition) is 7. The molecule has 0 saturated carbocycles. The van der Waals surface area contributed by atoms with Crippen LogP contribution in [0.5, 0.6) is 0 Å². The summed E-state index contributed by atoms with van der Waals surface area (Å²) in [5.41, 5.74) is 5.28. The highest BCUT2D eigenvalue weighted by molar-refractivity contribution is 7.80. The molecule has 0 aliphatic heterocycles. The number of aliphatic carboxylic acids is 2. The molecule has 3 atom stereocenters. The monoisotopic (exact) mass is 337 g/mol. The molecular formula is C11H19N3O7S. The van der Waals surface area contributed by atoms with Crippen LogP contribution < -0.4 is 16.4 Å². The molecular weight excluding hydrogens is 318 g/mol. The Balaban J connectivity index is 4.89. The van der Waals surface area contributed by atoms with Crippen LogP contribution in [0.3, 0.4) is 0 Å². The van der Waals surface area contributed by atoms with Gasteiger partial charge in [0, 0.05) is 12.2 Å². The molecule has 0 aromatic carbocycles. The minimum Gasteiger partial charge on any atom is -0.481 e. The predicted molar refractivity (Wildman–Crippen MR) is 77.3 cm³/mol. The summed E-state index contributed by atoms with van der Waals surface area (Å²) >= 11 is 3.77. The van der Waals surface area contributed by atoms with E-state index in [0.717, 1.165) is 0 Å². The maximum atomic E-state index is 12.0. The van der Waals surface area contributed by atoms with Gasteiger partial charge in [-0.25, -0.2) is 4.79 Å². The quantitative estimate of drug-likeness (QED) is 0.208. The molecule has 0 aromatic rings. The number of aliphatic hydroxyl groups is 1. The van der Waals surface area contributed by atoms with Crippen LogP contribution in [0.15, 0.2) is 0 Å². The van der Waals surface area contributed by atoms with Crippen molar-refractivity contribution in [3.63, 3.8) is 0 Å². The maximum Gasteiger partial charge on any atom is 0.327 e. The number of aliphatic hydroxyl groups excluding tert-OH is 1. The van der Waals surface area contributed by atoms with Gasteiger partial charge in [0.15, 0.2) is 0 Å². The van der Waals surface area contributed by atoms with Crippen LogP contribution in [0.25, 0.3) is 0 Å². The zero-order chi connectivity index (χ0) is 17.3. The molecule has 3 unspecified atom stereocenters. The Labute approximate surface area is 131 Å². The highest BCUT2D eigenvalue weighted by Crippen LogP contribution is 2.01. The number of amides is 2. The summed E-state index contributed by atoms with van der Waals surface area (Å²) in [7, 11) is 0. The van der Waals surface area contributed by atoms with Crippen molar-refractivity contribution in [2.24, 2.45) is 5.73 Å². The third-order valence-electron chi connectivity index (χ3n) is 2.61. The van der Waals surface area contributed by atoms with Crippen molar-refractivity contribution in [1.29, 1.82) is 0 Å². The molecule has 0 heterocycles. The smallest absolute Gasteiger partial charge is 0.327 e. The number of nitrogens with one attached hydrogen (secondary N) is 2. The average molecular weight is 337 g/mol. The van der Waals surface area contributed by atoms with Crippen LogP contribution in [0.4, 0.5) is 0 Å². The number of carboxylic acids is 2. The largest absolute Gasteiger partial charge is 0.481 e. The molecule has 126 valence electrons. The van der Waals surface area contributed by atoms with Gasteiger partial charge in [0.25, 0.3) is 0 Å². The van der Waals surface area contributed by atoms with Crippen LogP contribution in [0, 0.1) is 0 Å². The Kier molecular flexibility index (Phi) is 9.13. The van der Waals surface area contributed by atoms with Gasteiger partial charge in [-0.1, -0.05) is 0 Å². The third-order valence-corrected chi connectivity index (χ3v) is 2.98. The number of carbonyl (C=O) groups excluding carboxylic acids is 2. The second-order valence-electron chi connectivity index (χ2n) is 4.36. The van der Waals surface area contributed by atoms with Gasteiger partial charge < -0.3 is 31.7 Å². The van der Waals surface area contributed by atoms with E-state index in [1.54, 1.807) is 0 Å². The van der Waals surface area contributed by atoms with E-state index in [-0.39, 0.29) is 12.2 Å². The topological polar surface area (TPSA) is 179 Å². The normalized spacial score (nSPS) is 14.5. The van der Waals surface area contributed by atoms with Crippen molar-refractivity contribution in [3.8, 4) is 0 Å². The van der Waals surface area contributed by atoms with E-state index in [1.807, 2.05) is 0 Å². The first-order valence-corrected chi connectivity index (χ1v) is 6.88. The van der Waals surface area contributed by atoms with E-state index >= 15 is 0 Å². The number of hydrogen-bond donors (Lipinski definition) is 7. The first kappa shape index (κ1) is 20.1. The Morgan fingerprint density at radius 1 is 1.05 bits per heavy atom. The van der Waals surface area contributed by atoms with Gasteiger partial charge in [-0.05, 0) is 6.42 Å². The fourth-order valence-corrected chi connectivity index (χ4v) is 1.60. The lowest BCUT2D eigenvalue weighted by molar-refractivity contribution is -0.142. The van der Waals surface area contributed by atoms with Crippen LogP contribution in [-0.4, -0.2) is 69.6 Å². The molecule has 7 N–H and O–H groups in total. The fourth-order valence-electron chi connectivity index (χ4n) is 1.36. The summed E-state index contributed by atoms with van der Waals surface area (Å²) in [6.45, 7) is -0.659. The molecule has 0 fully saturated rings. The summed E-state index contributed by atoms with van der Waals surface area (Å²) in [5.74, 6) is -4.43. The highest BCUT2D eigenvalue weighted by Gasteiger charge is 2.27. The Bertz CT molecular complexity index is 432. The third kappa shape index (κ3) is 7.24. The summed E-state index contributed by atoms with van der Waals surface area (Å²) in [4.78, 5) is 44.9. The van der Waals surface area contributed by atoms with Crippen LogP contribution in [0.1, 0.15) is 12.8 Å². The minimum atomic E-state index is -1.32. The van der Waals surface area contributed by atoms with Crippen molar-refractivity contribution in [2.45, 2.75) is 31.0 Å². The molecule has 11 heteroatoms. The first-order valence-electron chi connectivity index (χ1n) is 6.25. The molecule has 0 radical (unpaired) electrons. The molecule has 0 rings (SSSR count). The zero-order valence-electron chi connectivity index (χ0n) is 11.6. The second kappa shape index (κ2) is 9.97. The molecule has 0 bridgehead atoms. The Hall–Kier alpha value is -1.85. The van der Waals surface area contributed by atoms with E-state index < -0.39 is 54.9 Å². The number of thiol groups is 1. The van der Waals surface area contributed by atoms with Gasteiger partial charge in [-0.3, -0.25) is 14.4 Å². The van der Waals surface area contributed by atoms with Gasteiger partial charge in [-0.2, -0.15) is 12.6 Å². The van der Waals surface area contributed by atoms with Crippen molar-refractivity contribution in [3.05, 3.63) is 0 Å². The second-order valence-corrected chi connectivity index (χ2v) is 4.73. The van der Waals surface area contributed by atoms with Gasteiger partial charge >= 0.3 is 11.9 Å². The molecule has 0 saturated heterocycles. The van der Waals surface area contributed by atoms with Crippen molar-refractivity contribution >= 4 is 36.4 Å². The Morgan fingerprint density at radius 2 is 1.59 bits per heavy atom. The summed E-state index contributed by atoms with van der Waals surface area (Å²) in [5, 5.41) is 30.5. The van der Waals surface area contributed by atoms with Gasteiger partial charge in [-0.15, -0.1) is 0 Å². The Morgan fingerprint density at radius 3 is 2.00 bits per heavy atom. The summed E-state index contributed by atoms with van der Waals surface area (Å²) in [6.07, 6.45) is -0.685. The van der Waals surface area contributed by atoms with Crippen LogP contribution >= 0.6 is 12.6 Å². The lowest BCUT2D eigenvalue weighted by Crippen LogP contribution is -2.55. The van der Waals surface area contributed by atoms with Gasteiger partial charge in [0.1, 0.15) is 18.1 Å². The van der Waals surface area contributed by atoms with E-state index in [9.17, 15) is 19.2 Å². The molecule has 22 heavy (non-hydrogen) atoms. The number of nitrogens with two attached hydrogens (primary N) is 1. The SMILES string of the molecule is NC(CO)C(=O)NC(CCC(=O)O)C(=O)NC(CS)C(=O)O. The van der Waals surface area contributed by atoms with Crippen molar-refractivity contribution < 1.29 is 34.5 Å². The van der Waals surface area contributed by atoms with Crippen LogP contribution in [0.2, 0.25) is 0 Å². The molecule has 0 aliphatic carbocycles. The number of carbonyl (C=O) groups is 4. The van der Waals surface area contributed by atoms with E-state index in [0.29, 0.717) is 0 Å². The maximum absolute atomic E-state index is 12.0. The first-order chi connectivity index (χ1) is 10.2. The van der Waals surface area contributed by atoms with Gasteiger partial charge in [0.2, 0.25) is 11.8 Å². The molecule has 0 spiro atoms. The predicted octanol–water partition coefficient (Wildman–Crippen LogP) is -2.85. The van der Waals surface area contributed by atoms with E-state index in [1.165, 1.54) is 0 Å². The minimum absolute atomic E-state index is 0.184. The zero-order valence-corrected chi connectivity index (χ0v) is 12.5. The summed E-state index contributed by atoms with van der Waals surface area (Å²) < 4.78 is 0. The van der Waals surface area contributed by atoms with E-state index in [2.05, 4.69) is 23.3 Å². The molecule has 0 aliphatic rings. The van der Waals surface area contributed by atoms with Crippen molar-refractivity contribution in [1.82, 2.24) is 10.6 Å². The van der Waals surface area contributed by atoms with Gasteiger partial charge in [0.05, 0.1) is 6.61 Å². The standard InChI is InChI=1S/C11H19N3O7S/c12-5(3-15)9(18)13-6(1-2-8(16)17)10(19)14-7(4-22)11(20)21/h5-7,15,22H,1-4,12H2,(H,13,18)(H,14,19)(H,16,17)(H,20,21). The van der Waals surface area contributed by atoms with Crippen LogP contribution in [-0.2, 0) is 19.2 Å².